The Labute approximate surface area is 83.8 Å². The van der Waals surface area contributed by atoms with Gasteiger partial charge in [-0.05, 0) is 12.5 Å². The molecule has 0 radical (unpaired) electrons. The smallest absolute Gasteiger partial charge is 0.346 e. The van der Waals surface area contributed by atoms with Crippen LogP contribution >= 0.6 is 11.3 Å². The van der Waals surface area contributed by atoms with Crippen LogP contribution in [0.4, 0.5) is 5.69 Å². The largest absolute Gasteiger partial charge is 0.481 e. The summed E-state index contributed by atoms with van der Waals surface area (Å²) in [6.07, 6.45) is -0.232. The quantitative estimate of drug-likeness (QED) is 0.697. The molecule has 0 bridgehead atoms. The molecule has 0 unspecified atom stereocenters. The van der Waals surface area contributed by atoms with E-state index in [1.807, 2.05) is 0 Å². The van der Waals surface area contributed by atoms with Crippen LogP contribution in [-0.2, 0) is 11.2 Å². The van der Waals surface area contributed by atoms with Crippen LogP contribution in [0.3, 0.4) is 0 Å². The van der Waals surface area contributed by atoms with E-state index in [-0.39, 0.29) is 17.0 Å². The number of rotatable bonds is 3. The zero-order valence-electron chi connectivity index (χ0n) is 7.40. The van der Waals surface area contributed by atoms with Gasteiger partial charge in [-0.25, -0.2) is 4.79 Å². The Morgan fingerprint density at radius 2 is 2.00 bits per heavy atom. The van der Waals surface area contributed by atoms with Crippen LogP contribution in [0.1, 0.15) is 20.1 Å². The van der Waals surface area contributed by atoms with Crippen LogP contribution in [0.15, 0.2) is 0 Å². The average Bonchev–Trinajstić information content (AvgIpc) is 2.32. The molecule has 14 heavy (non-hydrogen) atoms. The standard InChI is InChI=1S/C8H9NO4S/c1-3-6(9)4(2-5(10)11)14-7(3)8(12)13/h2,9H2,1H3,(H,10,11)(H,12,13). The average molecular weight is 215 g/mol. The molecule has 76 valence electrons. The van der Waals surface area contributed by atoms with Crippen LogP contribution in [0.2, 0.25) is 0 Å². The molecule has 0 amide bonds. The first-order chi connectivity index (χ1) is 6.43. The topological polar surface area (TPSA) is 101 Å². The maximum atomic E-state index is 10.7. The van der Waals surface area contributed by atoms with Gasteiger partial charge >= 0.3 is 11.9 Å². The molecule has 0 atom stereocenters. The van der Waals surface area contributed by atoms with Crippen molar-refractivity contribution >= 4 is 29.0 Å². The summed E-state index contributed by atoms with van der Waals surface area (Å²) in [5.41, 5.74) is 6.29. The first kappa shape index (κ1) is 10.5. The van der Waals surface area contributed by atoms with E-state index < -0.39 is 11.9 Å². The highest BCUT2D eigenvalue weighted by Crippen LogP contribution is 2.30. The summed E-state index contributed by atoms with van der Waals surface area (Å²) in [4.78, 5) is 21.6. The van der Waals surface area contributed by atoms with Crippen LogP contribution < -0.4 is 5.73 Å². The fourth-order valence-electron chi connectivity index (χ4n) is 1.06. The molecule has 5 nitrogen and oxygen atoms in total. The third kappa shape index (κ3) is 1.85. The summed E-state index contributed by atoms with van der Waals surface area (Å²) in [5.74, 6) is -2.09. The van der Waals surface area contributed by atoms with Crippen molar-refractivity contribution in [3.05, 3.63) is 15.3 Å². The van der Waals surface area contributed by atoms with Gasteiger partial charge in [0.1, 0.15) is 4.88 Å². The highest BCUT2D eigenvalue weighted by Gasteiger charge is 2.18. The Hall–Kier alpha value is -1.56. The third-order valence-electron chi connectivity index (χ3n) is 1.78. The van der Waals surface area contributed by atoms with E-state index in [9.17, 15) is 9.59 Å². The number of carboxylic acid groups (broad SMARTS) is 2. The van der Waals surface area contributed by atoms with E-state index in [4.69, 9.17) is 15.9 Å². The van der Waals surface area contributed by atoms with Crippen molar-refractivity contribution in [3.63, 3.8) is 0 Å². The molecule has 0 aliphatic rings. The predicted molar refractivity (Wildman–Crippen MR) is 51.8 cm³/mol. The molecular formula is C8H9NO4S. The van der Waals surface area contributed by atoms with Crippen molar-refractivity contribution in [1.29, 1.82) is 0 Å². The maximum Gasteiger partial charge on any atom is 0.346 e. The van der Waals surface area contributed by atoms with Crippen LogP contribution in [0, 0.1) is 6.92 Å². The van der Waals surface area contributed by atoms with Gasteiger partial charge in [0.05, 0.1) is 6.42 Å². The molecule has 0 spiro atoms. The van der Waals surface area contributed by atoms with E-state index in [1.165, 1.54) is 0 Å². The lowest BCUT2D eigenvalue weighted by Crippen LogP contribution is -2.00. The van der Waals surface area contributed by atoms with Gasteiger partial charge in [0.2, 0.25) is 0 Å². The van der Waals surface area contributed by atoms with Crippen molar-refractivity contribution < 1.29 is 19.8 Å². The van der Waals surface area contributed by atoms with Crippen molar-refractivity contribution in [1.82, 2.24) is 0 Å². The number of nitrogens with two attached hydrogens (primary N) is 1. The molecular weight excluding hydrogens is 206 g/mol. The molecule has 6 heteroatoms. The van der Waals surface area contributed by atoms with Gasteiger partial charge in [0.15, 0.2) is 0 Å². The van der Waals surface area contributed by atoms with Gasteiger partial charge in [-0.1, -0.05) is 0 Å². The summed E-state index contributed by atoms with van der Waals surface area (Å²) in [6, 6.07) is 0. The third-order valence-corrected chi connectivity index (χ3v) is 3.07. The Morgan fingerprint density at radius 1 is 1.43 bits per heavy atom. The molecule has 0 aliphatic heterocycles. The van der Waals surface area contributed by atoms with Gasteiger partial charge in [-0.2, -0.15) is 0 Å². The maximum absolute atomic E-state index is 10.7. The molecule has 1 rings (SSSR count). The highest BCUT2D eigenvalue weighted by atomic mass is 32.1. The molecule has 0 fully saturated rings. The molecule has 0 aromatic carbocycles. The minimum Gasteiger partial charge on any atom is -0.481 e. The number of carbonyl (C=O) groups is 2. The zero-order valence-corrected chi connectivity index (χ0v) is 8.22. The number of thiophene rings is 1. The number of aromatic carboxylic acids is 1. The van der Waals surface area contributed by atoms with E-state index in [1.54, 1.807) is 6.92 Å². The molecule has 0 saturated carbocycles. The lowest BCUT2D eigenvalue weighted by Gasteiger charge is -1.94. The number of aliphatic carboxylic acids is 1. The monoisotopic (exact) mass is 215 g/mol. The summed E-state index contributed by atoms with van der Waals surface area (Å²) in [7, 11) is 0. The second-order valence-corrected chi connectivity index (χ2v) is 3.87. The van der Waals surface area contributed by atoms with Gasteiger partial charge in [0.25, 0.3) is 0 Å². The van der Waals surface area contributed by atoms with Gasteiger partial charge in [0, 0.05) is 10.6 Å². The number of hydrogen-bond donors (Lipinski definition) is 3. The Bertz CT molecular complexity index is 396. The Balaban J connectivity index is 3.15. The van der Waals surface area contributed by atoms with Crippen molar-refractivity contribution in [2.75, 3.05) is 5.73 Å². The first-order valence-corrected chi connectivity index (χ1v) is 4.58. The number of hydrogen-bond acceptors (Lipinski definition) is 4. The minimum atomic E-state index is -1.07. The van der Waals surface area contributed by atoms with Crippen molar-refractivity contribution in [3.8, 4) is 0 Å². The molecule has 4 N–H and O–H groups in total. The number of carboxylic acids is 2. The van der Waals surface area contributed by atoms with Gasteiger partial charge in [-0.3, -0.25) is 4.79 Å². The zero-order chi connectivity index (χ0) is 10.9. The minimum absolute atomic E-state index is 0.110. The molecule has 1 heterocycles. The van der Waals surface area contributed by atoms with Crippen molar-refractivity contribution in [2.24, 2.45) is 0 Å². The summed E-state index contributed by atoms with van der Waals surface area (Å²) >= 11 is 0.917. The highest BCUT2D eigenvalue weighted by molar-refractivity contribution is 7.14. The second-order valence-electron chi connectivity index (χ2n) is 2.77. The summed E-state index contributed by atoms with van der Waals surface area (Å²) in [5, 5.41) is 17.3. The van der Waals surface area contributed by atoms with E-state index in [0.29, 0.717) is 10.4 Å². The second kappa shape index (κ2) is 3.67. The van der Waals surface area contributed by atoms with E-state index in [2.05, 4.69) is 0 Å². The summed E-state index contributed by atoms with van der Waals surface area (Å²) in [6.45, 7) is 1.57. The summed E-state index contributed by atoms with van der Waals surface area (Å²) < 4.78 is 0. The SMILES string of the molecule is Cc1c(C(=O)O)sc(CC(=O)O)c1N. The predicted octanol–water partition coefficient (Wildman–Crippen LogP) is 0.964. The van der Waals surface area contributed by atoms with Crippen molar-refractivity contribution in [2.45, 2.75) is 13.3 Å². The molecule has 0 aliphatic carbocycles. The molecule has 1 aromatic heterocycles. The Kier molecular flexibility index (Phi) is 2.76. The number of anilines is 1. The lowest BCUT2D eigenvalue weighted by atomic mass is 10.2. The lowest BCUT2D eigenvalue weighted by molar-refractivity contribution is -0.136. The number of nitrogen functional groups attached to an aromatic ring is 1. The normalized spacial score (nSPS) is 10.1. The molecule has 1 aromatic rings. The van der Waals surface area contributed by atoms with Gasteiger partial charge < -0.3 is 15.9 Å². The Morgan fingerprint density at radius 3 is 2.36 bits per heavy atom. The van der Waals surface area contributed by atoms with Crippen LogP contribution in [0.25, 0.3) is 0 Å². The fraction of sp³-hybridized carbons (Fsp3) is 0.250. The van der Waals surface area contributed by atoms with E-state index >= 15 is 0 Å². The van der Waals surface area contributed by atoms with Crippen LogP contribution in [0.5, 0.6) is 0 Å². The first-order valence-electron chi connectivity index (χ1n) is 3.76. The van der Waals surface area contributed by atoms with Crippen LogP contribution in [-0.4, -0.2) is 22.2 Å². The molecule has 0 saturated heterocycles. The van der Waals surface area contributed by atoms with E-state index in [0.717, 1.165) is 11.3 Å². The van der Waals surface area contributed by atoms with Gasteiger partial charge in [-0.15, -0.1) is 11.3 Å². The fourth-order valence-corrected chi connectivity index (χ4v) is 2.11.